The highest BCUT2D eigenvalue weighted by atomic mass is 14.9. The Kier molecular flexibility index (Phi) is 9.05. The number of rotatable bonds is 2. The number of hydrogen-bond donors (Lipinski definition) is 1. The highest BCUT2D eigenvalue weighted by Gasteiger charge is 1.93. The maximum atomic E-state index is 5.14. The number of nitrogens with one attached hydrogen (secondary N) is 1. The van der Waals surface area contributed by atoms with Crippen molar-refractivity contribution in [3.8, 4) is 0 Å². The molecule has 0 aromatic heterocycles. The molecule has 1 saturated heterocycles. The second-order valence-corrected chi connectivity index (χ2v) is 2.60. The fraction of sp³-hybridized carbons (Fsp3) is 1.00. The van der Waals surface area contributed by atoms with Crippen LogP contribution in [-0.2, 0) is 0 Å². The standard InChI is InChI=1S/C4H9B.C4H9N/c1-2-3-4-5;1-2-4-5-3-1/h2-4H2,1H3;5H,1-4H2. The minimum Gasteiger partial charge on any atom is -0.317 e. The van der Waals surface area contributed by atoms with E-state index in [-0.39, 0.29) is 0 Å². The molecule has 1 aliphatic rings. The van der Waals surface area contributed by atoms with Crippen LogP contribution in [-0.4, -0.2) is 20.9 Å². The summed E-state index contributed by atoms with van der Waals surface area (Å²) in [6, 6.07) is 0. The molecule has 0 aliphatic carbocycles. The van der Waals surface area contributed by atoms with Crippen LogP contribution >= 0.6 is 0 Å². The Hall–Kier alpha value is 0.0249. The molecule has 58 valence electrons. The minimum absolute atomic E-state index is 0.844. The van der Waals surface area contributed by atoms with E-state index in [0.29, 0.717) is 0 Å². The van der Waals surface area contributed by atoms with Crippen molar-refractivity contribution in [2.75, 3.05) is 13.1 Å². The molecule has 1 heterocycles. The molecular weight excluding hydrogens is 121 g/mol. The Morgan fingerprint density at radius 2 is 1.90 bits per heavy atom. The molecule has 0 unspecified atom stereocenters. The molecule has 0 spiro atoms. The Labute approximate surface area is 66.0 Å². The summed E-state index contributed by atoms with van der Waals surface area (Å²) in [6.07, 6.45) is 6.01. The van der Waals surface area contributed by atoms with Gasteiger partial charge in [0.1, 0.15) is 0 Å². The summed E-state index contributed by atoms with van der Waals surface area (Å²) in [6.45, 7) is 4.63. The normalized spacial score (nSPS) is 16.1. The lowest BCUT2D eigenvalue weighted by molar-refractivity contribution is 0.857. The Morgan fingerprint density at radius 1 is 1.30 bits per heavy atom. The molecule has 1 rings (SSSR count). The first kappa shape index (κ1) is 10.0. The van der Waals surface area contributed by atoms with Gasteiger partial charge in [-0.2, -0.15) is 0 Å². The van der Waals surface area contributed by atoms with E-state index in [1.54, 1.807) is 0 Å². The largest absolute Gasteiger partial charge is 0.317 e. The molecule has 1 N–H and O–H groups in total. The molecule has 0 bridgehead atoms. The number of unbranched alkanes of at least 4 members (excludes halogenated alkanes) is 1. The van der Waals surface area contributed by atoms with Gasteiger partial charge in [0.25, 0.3) is 0 Å². The van der Waals surface area contributed by atoms with Crippen LogP contribution in [0, 0.1) is 0 Å². The van der Waals surface area contributed by atoms with Crippen LogP contribution in [0.4, 0.5) is 0 Å². The summed E-state index contributed by atoms with van der Waals surface area (Å²) in [7, 11) is 5.14. The zero-order valence-electron chi connectivity index (χ0n) is 7.03. The maximum absolute atomic E-state index is 5.14. The van der Waals surface area contributed by atoms with Gasteiger partial charge in [-0.05, 0) is 25.9 Å². The highest BCUT2D eigenvalue weighted by Crippen LogP contribution is 1.90. The van der Waals surface area contributed by atoms with Crippen molar-refractivity contribution in [3.63, 3.8) is 0 Å². The van der Waals surface area contributed by atoms with Crippen molar-refractivity contribution >= 4 is 7.85 Å². The average molecular weight is 139 g/mol. The Balaban J connectivity index is 0.000000162. The van der Waals surface area contributed by atoms with Gasteiger partial charge in [-0.15, -0.1) is 0 Å². The summed E-state index contributed by atoms with van der Waals surface area (Å²) in [4.78, 5) is 0. The second-order valence-electron chi connectivity index (χ2n) is 2.60. The van der Waals surface area contributed by atoms with Crippen LogP contribution < -0.4 is 5.32 Å². The van der Waals surface area contributed by atoms with Gasteiger partial charge >= 0.3 is 0 Å². The second kappa shape index (κ2) is 9.02. The first-order valence-electron chi connectivity index (χ1n) is 4.32. The first-order valence-corrected chi connectivity index (χ1v) is 4.32. The van der Waals surface area contributed by atoms with Gasteiger partial charge in [0.2, 0.25) is 0 Å². The van der Waals surface area contributed by atoms with Crippen LogP contribution in [0.5, 0.6) is 0 Å². The van der Waals surface area contributed by atoms with E-state index in [1.807, 2.05) is 0 Å². The summed E-state index contributed by atoms with van der Waals surface area (Å²) in [5.74, 6) is 0. The van der Waals surface area contributed by atoms with Crippen molar-refractivity contribution in [3.05, 3.63) is 0 Å². The maximum Gasteiger partial charge on any atom is 0.0652 e. The Morgan fingerprint density at radius 3 is 2.00 bits per heavy atom. The molecule has 1 aliphatic heterocycles. The molecule has 1 fully saturated rings. The number of hydrogen-bond acceptors (Lipinski definition) is 1. The molecule has 0 atom stereocenters. The van der Waals surface area contributed by atoms with Gasteiger partial charge in [0.05, 0.1) is 7.85 Å². The smallest absolute Gasteiger partial charge is 0.0652 e. The quantitative estimate of drug-likeness (QED) is 0.574. The van der Waals surface area contributed by atoms with Crippen molar-refractivity contribution < 1.29 is 0 Å². The van der Waals surface area contributed by atoms with Gasteiger partial charge in [-0.3, -0.25) is 0 Å². The molecule has 2 heteroatoms. The van der Waals surface area contributed by atoms with Crippen LogP contribution in [0.15, 0.2) is 0 Å². The summed E-state index contributed by atoms with van der Waals surface area (Å²) in [5, 5.41) is 3.22. The third kappa shape index (κ3) is 8.02. The van der Waals surface area contributed by atoms with Crippen molar-refractivity contribution in [1.82, 2.24) is 5.32 Å². The van der Waals surface area contributed by atoms with E-state index >= 15 is 0 Å². The molecule has 0 aromatic carbocycles. The van der Waals surface area contributed by atoms with Crippen LogP contribution in [0.25, 0.3) is 0 Å². The van der Waals surface area contributed by atoms with Gasteiger partial charge in [-0.1, -0.05) is 26.1 Å². The molecule has 1 nitrogen and oxygen atoms in total. The first-order chi connectivity index (χ1) is 4.91. The third-order valence-electron chi connectivity index (χ3n) is 1.51. The molecule has 2 radical (unpaired) electrons. The van der Waals surface area contributed by atoms with Crippen LogP contribution in [0.3, 0.4) is 0 Å². The van der Waals surface area contributed by atoms with Gasteiger partial charge < -0.3 is 5.32 Å². The average Bonchev–Trinajstić information content (AvgIpc) is 2.44. The zero-order valence-corrected chi connectivity index (χ0v) is 7.03. The predicted octanol–water partition coefficient (Wildman–Crippen LogP) is 1.74. The SMILES string of the molecule is C1CCNC1.[B]CCCC. The van der Waals surface area contributed by atoms with Crippen molar-refractivity contribution in [2.24, 2.45) is 0 Å². The van der Waals surface area contributed by atoms with Gasteiger partial charge in [-0.25, -0.2) is 0 Å². The van der Waals surface area contributed by atoms with E-state index in [2.05, 4.69) is 12.2 Å². The molecule has 10 heavy (non-hydrogen) atoms. The van der Waals surface area contributed by atoms with Crippen molar-refractivity contribution in [1.29, 1.82) is 0 Å². The van der Waals surface area contributed by atoms with E-state index < -0.39 is 0 Å². The molecule has 0 amide bonds. The minimum atomic E-state index is 0.844. The highest BCUT2D eigenvalue weighted by molar-refractivity contribution is 6.08. The van der Waals surface area contributed by atoms with Crippen molar-refractivity contribution in [2.45, 2.75) is 38.9 Å². The summed E-state index contributed by atoms with van der Waals surface area (Å²) >= 11 is 0. The topological polar surface area (TPSA) is 12.0 Å². The van der Waals surface area contributed by atoms with Crippen LogP contribution in [0.1, 0.15) is 32.6 Å². The Bertz CT molecular complexity index is 43.6. The molecule has 0 aromatic rings. The monoisotopic (exact) mass is 139 g/mol. The van der Waals surface area contributed by atoms with Gasteiger partial charge in [0, 0.05) is 0 Å². The lowest BCUT2D eigenvalue weighted by atomic mass is 10.0. The third-order valence-corrected chi connectivity index (χ3v) is 1.51. The lowest BCUT2D eigenvalue weighted by Crippen LogP contribution is -2.03. The predicted molar refractivity (Wildman–Crippen MR) is 47.6 cm³/mol. The zero-order chi connectivity index (χ0) is 7.66. The van der Waals surface area contributed by atoms with E-state index in [1.165, 1.54) is 38.8 Å². The summed E-state index contributed by atoms with van der Waals surface area (Å²) < 4.78 is 0. The fourth-order valence-electron chi connectivity index (χ4n) is 0.829. The molecular formula is C8H18BN. The van der Waals surface area contributed by atoms with Crippen LogP contribution in [0.2, 0.25) is 6.32 Å². The van der Waals surface area contributed by atoms with Gasteiger partial charge in [0.15, 0.2) is 0 Å². The summed E-state index contributed by atoms with van der Waals surface area (Å²) in [5.41, 5.74) is 0. The van der Waals surface area contributed by atoms with E-state index in [0.717, 1.165) is 6.32 Å². The lowest BCUT2D eigenvalue weighted by Gasteiger charge is -1.79. The van der Waals surface area contributed by atoms with E-state index in [4.69, 9.17) is 7.85 Å². The fourth-order valence-corrected chi connectivity index (χ4v) is 0.829. The molecule has 0 saturated carbocycles. The van der Waals surface area contributed by atoms with E-state index in [9.17, 15) is 0 Å².